The number of nitrogens with two attached hydrogens (primary N) is 1. The van der Waals surface area contributed by atoms with Crippen molar-refractivity contribution >= 4 is 28.9 Å². The van der Waals surface area contributed by atoms with Crippen molar-refractivity contribution in [1.82, 2.24) is 4.90 Å². The van der Waals surface area contributed by atoms with E-state index in [4.69, 9.17) is 17.3 Å². The summed E-state index contributed by atoms with van der Waals surface area (Å²) >= 11 is 6.25. The maximum absolute atomic E-state index is 12.4. The molecule has 0 saturated carbocycles. The Morgan fingerprint density at radius 1 is 1.32 bits per heavy atom. The van der Waals surface area contributed by atoms with Gasteiger partial charge >= 0.3 is 0 Å². The summed E-state index contributed by atoms with van der Waals surface area (Å²) in [5, 5.41) is 0.595. The van der Waals surface area contributed by atoms with Crippen LogP contribution >= 0.6 is 11.6 Å². The molecule has 1 saturated heterocycles. The van der Waals surface area contributed by atoms with Crippen molar-refractivity contribution in [3.05, 3.63) is 23.2 Å². The third-order valence-electron chi connectivity index (χ3n) is 4.80. The number of benzene rings is 1. The monoisotopic (exact) mass is 365 g/mol. The summed E-state index contributed by atoms with van der Waals surface area (Å²) in [6, 6.07) is 6.21. The van der Waals surface area contributed by atoms with Gasteiger partial charge in [0.2, 0.25) is 5.91 Å². The molecule has 2 N–H and O–H groups in total. The van der Waals surface area contributed by atoms with E-state index in [0.717, 1.165) is 38.2 Å². The number of nitrogens with zero attached hydrogens (tertiary/aromatic N) is 2. The van der Waals surface area contributed by atoms with Crippen LogP contribution in [-0.2, 0) is 4.79 Å². The number of nitrogen functional groups attached to an aromatic ring is 1. The topological polar surface area (TPSA) is 49.6 Å². The molecule has 0 aromatic heterocycles. The molecule has 1 heterocycles. The molecule has 1 amide bonds. The van der Waals surface area contributed by atoms with Gasteiger partial charge in [0.05, 0.1) is 10.7 Å². The molecule has 4 nitrogen and oxygen atoms in total. The van der Waals surface area contributed by atoms with Crippen molar-refractivity contribution in [3.8, 4) is 0 Å². The Morgan fingerprint density at radius 2 is 2.04 bits per heavy atom. The molecule has 0 aliphatic carbocycles. The van der Waals surface area contributed by atoms with Crippen molar-refractivity contribution in [3.63, 3.8) is 0 Å². The largest absolute Gasteiger partial charge is 0.398 e. The molecular weight excluding hydrogens is 334 g/mol. The molecule has 1 fully saturated rings. The van der Waals surface area contributed by atoms with E-state index in [-0.39, 0.29) is 5.91 Å². The van der Waals surface area contributed by atoms with Crippen molar-refractivity contribution in [1.29, 1.82) is 0 Å². The molecule has 1 atom stereocenters. The maximum atomic E-state index is 12.4. The molecular formula is C20H32ClN3O. The lowest BCUT2D eigenvalue weighted by atomic mass is 10.1. The second-order valence-electron chi connectivity index (χ2n) is 7.96. The molecule has 0 radical (unpaired) electrons. The SMILES string of the molecule is CC(C)CCN(c1ccc(N)c(Cl)c1)C1CCN(C(=O)CC(C)C)C1. The van der Waals surface area contributed by atoms with Gasteiger partial charge in [-0.25, -0.2) is 0 Å². The van der Waals surface area contributed by atoms with E-state index in [1.165, 1.54) is 0 Å². The predicted octanol–water partition coefficient (Wildman–Crippen LogP) is 4.42. The molecule has 1 unspecified atom stereocenters. The number of hydrogen-bond donors (Lipinski definition) is 1. The lowest BCUT2D eigenvalue weighted by Gasteiger charge is -2.32. The summed E-state index contributed by atoms with van der Waals surface area (Å²) < 4.78 is 0. The number of likely N-dealkylation sites (tertiary alicyclic amines) is 1. The van der Waals surface area contributed by atoms with Crippen LogP contribution in [0.15, 0.2) is 18.2 Å². The molecule has 1 aromatic rings. The zero-order chi connectivity index (χ0) is 18.6. The average Bonchev–Trinajstić information content (AvgIpc) is 3.00. The summed E-state index contributed by atoms with van der Waals surface area (Å²) in [5.41, 5.74) is 7.58. The van der Waals surface area contributed by atoms with Crippen LogP contribution in [0.2, 0.25) is 5.02 Å². The number of amides is 1. The fraction of sp³-hybridized carbons (Fsp3) is 0.650. The minimum Gasteiger partial charge on any atom is -0.398 e. The Morgan fingerprint density at radius 3 is 2.64 bits per heavy atom. The highest BCUT2D eigenvalue weighted by molar-refractivity contribution is 6.33. The number of carbonyl (C=O) groups excluding carboxylic acids is 1. The third-order valence-corrected chi connectivity index (χ3v) is 5.13. The van der Waals surface area contributed by atoms with Crippen LogP contribution in [0.1, 0.15) is 47.0 Å². The Hall–Kier alpha value is -1.42. The Kier molecular flexibility index (Phi) is 7.00. The summed E-state index contributed by atoms with van der Waals surface area (Å²) in [4.78, 5) is 16.8. The smallest absolute Gasteiger partial charge is 0.222 e. The van der Waals surface area contributed by atoms with Crippen LogP contribution in [0, 0.1) is 11.8 Å². The first-order valence-corrected chi connectivity index (χ1v) is 9.75. The molecule has 5 heteroatoms. The quantitative estimate of drug-likeness (QED) is 0.727. The van der Waals surface area contributed by atoms with Crippen LogP contribution < -0.4 is 10.6 Å². The van der Waals surface area contributed by atoms with Crippen LogP contribution in [0.5, 0.6) is 0 Å². The highest BCUT2D eigenvalue weighted by atomic mass is 35.5. The molecule has 25 heavy (non-hydrogen) atoms. The van der Waals surface area contributed by atoms with Crippen LogP contribution in [-0.4, -0.2) is 36.5 Å². The Balaban J connectivity index is 2.13. The minimum absolute atomic E-state index is 0.275. The second kappa shape index (κ2) is 8.79. The van der Waals surface area contributed by atoms with Crippen LogP contribution in [0.4, 0.5) is 11.4 Å². The number of rotatable bonds is 7. The molecule has 1 aliphatic heterocycles. The van der Waals surface area contributed by atoms with E-state index >= 15 is 0 Å². The zero-order valence-electron chi connectivity index (χ0n) is 16.0. The predicted molar refractivity (Wildman–Crippen MR) is 107 cm³/mol. The van der Waals surface area contributed by atoms with Crippen molar-refractivity contribution in [2.24, 2.45) is 11.8 Å². The maximum Gasteiger partial charge on any atom is 0.222 e. The van der Waals surface area contributed by atoms with Gasteiger partial charge in [-0.05, 0) is 42.9 Å². The van der Waals surface area contributed by atoms with E-state index < -0.39 is 0 Å². The summed E-state index contributed by atoms with van der Waals surface area (Å²) in [5.74, 6) is 1.31. The molecule has 2 rings (SSSR count). The first-order chi connectivity index (χ1) is 11.8. The second-order valence-corrected chi connectivity index (χ2v) is 8.37. The third kappa shape index (κ3) is 5.53. The van der Waals surface area contributed by atoms with Gasteiger partial charge in [0.1, 0.15) is 0 Å². The number of anilines is 2. The average molecular weight is 366 g/mol. The minimum atomic E-state index is 0.275. The van der Waals surface area contributed by atoms with Crippen molar-refractivity contribution < 1.29 is 4.79 Å². The molecule has 140 valence electrons. The number of carbonyl (C=O) groups is 1. The number of halogens is 1. The van der Waals surface area contributed by atoms with Crippen LogP contribution in [0.25, 0.3) is 0 Å². The lowest BCUT2D eigenvalue weighted by molar-refractivity contribution is -0.130. The summed E-state index contributed by atoms with van der Waals surface area (Å²) in [7, 11) is 0. The fourth-order valence-corrected chi connectivity index (χ4v) is 3.49. The molecule has 0 spiro atoms. The van der Waals surface area contributed by atoms with E-state index in [2.05, 4.69) is 32.6 Å². The Labute approximate surface area is 157 Å². The van der Waals surface area contributed by atoms with E-state index in [1.807, 2.05) is 23.1 Å². The molecule has 1 aromatic carbocycles. The van der Waals surface area contributed by atoms with Gasteiger partial charge < -0.3 is 15.5 Å². The van der Waals surface area contributed by atoms with Gasteiger partial charge in [0, 0.05) is 37.8 Å². The van der Waals surface area contributed by atoms with Gasteiger partial charge in [-0.2, -0.15) is 0 Å². The van der Waals surface area contributed by atoms with Gasteiger partial charge in [-0.3, -0.25) is 4.79 Å². The highest BCUT2D eigenvalue weighted by Crippen LogP contribution is 2.29. The van der Waals surface area contributed by atoms with Crippen LogP contribution in [0.3, 0.4) is 0 Å². The summed E-state index contributed by atoms with van der Waals surface area (Å²) in [6.07, 6.45) is 2.74. The van der Waals surface area contributed by atoms with Gasteiger partial charge in [0.25, 0.3) is 0 Å². The van der Waals surface area contributed by atoms with Gasteiger partial charge in [-0.15, -0.1) is 0 Å². The molecule has 0 bridgehead atoms. The van der Waals surface area contributed by atoms with Crippen molar-refractivity contribution in [2.45, 2.75) is 53.0 Å². The zero-order valence-corrected chi connectivity index (χ0v) is 16.7. The van der Waals surface area contributed by atoms with E-state index in [0.29, 0.717) is 35.0 Å². The fourth-order valence-electron chi connectivity index (χ4n) is 3.32. The first kappa shape index (κ1) is 19.9. The van der Waals surface area contributed by atoms with Gasteiger partial charge in [-0.1, -0.05) is 39.3 Å². The standard InChI is InChI=1S/C20H32ClN3O/c1-14(2)7-10-24(16-5-6-19(22)18(21)12-16)17-8-9-23(13-17)20(25)11-15(3)4/h5-6,12,14-15,17H,7-11,13,22H2,1-4H3. The normalized spacial score (nSPS) is 17.6. The van der Waals surface area contributed by atoms with E-state index in [9.17, 15) is 4.79 Å². The van der Waals surface area contributed by atoms with Crippen molar-refractivity contribution in [2.75, 3.05) is 30.3 Å². The number of hydrogen-bond acceptors (Lipinski definition) is 3. The van der Waals surface area contributed by atoms with Gasteiger partial charge in [0.15, 0.2) is 0 Å². The first-order valence-electron chi connectivity index (χ1n) is 9.37. The Bertz CT molecular complexity index is 588. The lowest BCUT2D eigenvalue weighted by Crippen LogP contribution is -2.40. The van der Waals surface area contributed by atoms with E-state index in [1.54, 1.807) is 0 Å². The highest BCUT2D eigenvalue weighted by Gasteiger charge is 2.30. The summed E-state index contributed by atoms with van der Waals surface area (Å²) in [6.45, 7) is 11.3. The molecule has 1 aliphatic rings.